The molecule has 2 N–H and O–H groups in total. The maximum atomic E-state index is 12.9. The van der Waals surface area contributed by atoms with Gasteiger partial charge < -0.3 is 10.1 Å². The van der Waals surface area contributed by atoms with Crippen LogP contribution in [0.3, 0.4) is 0 Å². The van der Waals surface area contributed by atoms with Gasteiger partial charge in [0.25, 0.3) is 5.91 Å². The monoisotopic (exact) mass is 422 g/mol. The number of methoxy groups -OCH3 is 1. The van der Waals surface area contributed by atoms with Crippen molar-refractivity contribution in [3.63, 3.8) is 0 Å². The van der Waals surface area contributed by atoms with Crippen LogP contribution in [0.4, 0.5) is 10.1 Å². The standard InChI is InChI=1S/C17H15FN4O4S2/c1-26-13-6-4-12(5-7-13)20-16(23)17-22-21-15(27-17)10-19-28(24,25)14-8-2-11(18)3-9-14/h2-9,19H,10H2,1H3,(H,20,23). The molecule has 0 radical (unpaired) electrons. The molecular weight excluding hydrogens is 407 g/mol. The van der Waals surface area contributed by atoms with Crippen LogP contribution < -0.4 is 14.8 Å². The van der Waals surface area contributed by atoms with Crippen molar-refractivity contribution in [1.82, 2.24) is 14.9 Å². The Morgan fingerprint density at radius 2 is 1.79 bits per heavy atom. The number of carbonyl (C=O) groups is 1. The number of benzene rings is 2. The molecule has 1 aromatic heterocycles. The predicted molar refractivity (Wildman–Crippen MR) is 101 cm³/mol. The molecular formula is C17H15FN4O4S2. The molecule has 3 aromatic rings. The van der Waals surface area contributed by atoms with Crippen molar-refractivity contribution in [2.75, 3.05) is 12.4 Å². The van der Waals surface area contributed by atoms with Gasteiger partial charge in [0, 0.05) is 5.69 Å². The Hall–Kier alpha value is -2.89. The van der Waals surface area contributed by atoms with Gasteiger partial charge in [-0.1, -0.05) is 11.3 Å². The Bertz CT molecular complexity index is 1070. The van der Waals surface area contributed by atoms with Crippen molar-refractivity contribution in [2.45, 2.75) is 11.4 Å². The largest absolute Gasteiger partial charge is 0.497 e. The number of nitrogens with one attached hydrogen (secondary N) is 2. The van der Waals surface area contributed by atoms with Gasteiger partial charge in [0.1, 0.15) is 16.6 Å². The number of carbonyl (C=O) groups excluding carboxylic acids is 1. The van der Waals surface area contributed by atoms with E-state index < -0.39 is 21.7 Å². The molecule has 0 aliphatic heterocycles. The zero-order valence-electron chi connectivity index (χ0n) is 14.5. The molecule has 2 aromatic carbocycles. The molecule has 0 spiro atoms. The van der Waals surface area contributed by atoms with Crippen LogP contribution in [0, 0.1) is 5.82 Å². The van der Waals surface area contributed by atoms with Gasteiger partial charge in [-0.3, -0.25) is 4.79 Å². The van der Waals surface area contributed by atoms with Gasteiger partial charge in [-0.25, -0.2) is 17.5 Å². The molecule has 0 unspecified atom stereocenters. The quantitative estimate of drug-likeness (QED) is 0.605. The summed E-state index contributed by atoms with van der Waals surface area (Å²) in [5.74, 6) is -0.337. The van der Waals surface area contributed by atoms with Crippen molar-refractivity contribution in [1.29, 1.82) is 0 Å². The topological polar surface area (TPSA) is 110 Å². The fourth-order valence-corrected chi connectivity index (χ4v) is 3.88. The molecule has 0 saturated heterocycles. The number of halogens is 1. The van der Waals surface area contributed by atoms with Crippen LogP contribution in [0.1, 0.15) is 14.8 Å². The van der Waals surface area contributed by atoms with Gasteiger partial charge in [0.2, 0.25) is 15.0 Å². The molecule has 3 rings (SSSR count). The summed E-state index contributed by atoms with van der Waals surface area (Å²) in [6.07, 6.45) is 0. The van der Waals surface area contributed by atoms with Gasteiger partial charge in [0.15, 0.2) is 0 Å². The zero-order chi connectivity index (χ0) is 20.1. The lowest BCUT2D eigenvalue weighted by atomic mass is 10.3. The second-order valence-corrected chi connectivity index (χ2v) is 8.29. The third-order valence-corrected chi connectivity index (χ3v) is 5.89. The molecule has 0 fully saturated rings. The number of ether oxygens (including phenoxy) is 1. The molecule has 28 heavy (non-hydrogen) atoms. The first kappa shape index (κ1) is 19.9. The average molecular weight is 422 g/mol. The van der Waals surface area contributed by atoms with Gasteiger partial charge >= 0.3 is 0 Å². The number of amides is 1. The molecule has 0 saturated carbocycles. The minimum absolute atomic E-state index is 0.0733. The normalized spacial score (nSPS) is 11.2. The third-order valence-electron chi connectivity index (χ3n) is 3.55. The summed E-state index contributed by atoms with van der Waals surface area (Å²) >= 11 is 0.960. The number of nitrogens with zero attached hydrogens (tertiary/aromatic N) is 2. The lowest BCUT2D eigenvalue weighted by molar-refractivity contribution is 0.102. The summed E-state index contributed by atoms with van der Waals surface area (Å²) < 4.78 is 44.7. The first-order valence-corrected chi connectivity index (χ1v) is 10.2. The van der Waals surface area contributed by atoms with E-state index in [1.807, 2.05) is 0 Å². The summed E-state index contributed by atoms with van der Waals surface area (Å²) in [4.78, 5) is 12.2. The number of sulfonamides is 1. The third kappa shape index (κ3) is 4.88. The van der Waals surface area contributed by atoms with Crippen LogP contribution in [0.5, 0.6) is 5.75 Å². The van der Waals surface area contributed by atoms with Crippen molar-refractivity contribution in [3.05, 3.63) is 64.4 Å². The number of hydrogen-bond acceptors (Lipinski definition) is 7. The first-order valence-electron chi connectivity index (χ1n) is 7.90. The lowest BCUT2D eigenvalue weighted by Gasteiger charge is -2.04. The van der Waals surface area contributed by atoms with E-state index in [0.717, 1.165) is 35.6 Å². The Kier molecular flexibility index (Phi) is 5.97. The van der Waals surface area contributed by atoms with Crippen LogP contribution >= 0.6 is 11.3 Å². The average Bonchev–Trinajstić information content (AvgIpc) is 3.17. The summed E-state index contributed by atoms with van der Waals surface area (Å²) in [5.41, 5.74) is 0.555. The molecule has 1 heterocycles. The van der Waals surface area contributed by atoms with Crippen LogP contribution in [-0.2, 0) is 16.6 Å². The van der Waals surface area contributed by atoms with Crippen LogP contribution in [0.25, 0.3) is 0 Å². The lowest BCUT2D eigenvalue weighted by Crippen LogP contribution is -2.23. The summed E-state index contributed by atoms with van der Waals surface area (Å²) in [6.45, 7) is -0.146. The SMILES string of the molecule is COc1ccc(NC(=O)c2nnc(CNS(=O)(=O)c3ccc(F)cc3)s2)cc1. The highest BCUT2D eigenvalue weighted by molar-refractivity contribution is 7.89. The molecule has 146 valence electrons. The number of aromatic nitrogens is 2. The fourth-order valence-electron chi connectivity index (χ4n) is 2.13. The molecule has 8 nitrogen and oxygen atoms in total. The number of rotatable bonds is 7. The van der Waals surface area contributed by atoms with Gasteiger partial charge in [0.05, 0.1) is 18.6 Å². The fraction of sp³-hybridized carbons (Fsp3) is 0.118. The van der Waals surface area contributed by atoms with Crippen LogP contribution in [-0.4, -0.2) is 31.6 Å². The highest BCUT2D eigenvalue weighted by Crippen LogP contribution is 2.17. The number of anilines is 1. The van der Waals surface area contributed by atoms with Crippen molar-refractivity contribution in [3.8, 4) is 5.75 Å². The van der Waals surface area contributed by atoms with E-state index in [-0.39, 0.29) is 16.4 Å². The van der Waals surface area contributed by atoms with E-state index in [2.05, 4.69) is 20.2 Å². The van der Waals surface area contributed by atoms with Crippen molar-refractivity contribution in [2.24, 2.45) is 0 Å². The highest BCUT2D eigenvalue weighted by atomic mass is 32.2. The minimum Gasteiger partial charge on any atom is -0.497 e. The zero-order valence-corrected chi connectivity index (χ0v) is 16.2. The molecule has 0 bridgehead atoms. The minimum atomic E-state index is -3.83. The van der Waals surface area contributed by atoms with E-state index in [1.165, 1.54) is 0 Å². The van der Waals surface area contributed by atoms with Crippen molar-refractivity contribution < 1.29 is 22.3 Å². The van der Waals surface area contributed by atoms with Crippen molar-refractivity contribution >= 4 is 33.0 Å². The Labute approximate surface area is 164 Å². The Morgan fingerprint density at radius 3 is 2.43 bits per heavy atom. The maximum Gasteiger partial charge on any atom is 0.286 e. The molecule has 0 atom stereocenters. The van der Waals surface area contributed by atoms with Gasteiger partial charge in [-0.05, 0) is 48.5 Å². The van der Waals surface area contributed by atoms with E-state index in [0.29, 0.717) is 16.4 Å². The van der Waals surface area contributed by atoms with Crippen LogP contribution in [0.2, 0.25) is 0 Å². The second-order valence-electron chi connectivity index (χ2n) is 5.46. The molecule has 11 heteroatoms. The van der Waals surface area contributed by atoms with E-state index in [4.69, 9.17) is 4.74 Å². The van der Waals surface area contributed by atoms with E-state index >= 15 is 0 Å². The summed E-state index contributed by atoms with van der Waals surface area (Å²) in [7, 11) is -2.29. The smallest absolute Gasteiger partial charge is 0.286 e. The van der Waals surface area contributed by atoms with Gasteiger partial charge in [-0.15, -0.1) is 10.2 Å². The molecule has 0 aliphatic carbocycles. The van der Waals surface area contributed by atoms with Gasteiger partial charge in [-0.2, -0.15) is 0 Å². The molecule has 1 amide bonds. The first-order chi connectivity index (χ1) is 13.4. The summed E-state index contributed by atoms with van der Waals surface area (Å²) in [5, 5.41) is 10.7. The summed E-state index contributed by atoms with van der Waals surface area (Å²) in [6, 6.07) is 11.2. The van der Waals surface area contributed by atoms with Crippen LogP contribution in [0.15, 0.2) is 53.4 Å². The second kappa shape index (κ2) is 8.42. The van der Waals surface area contributed by atoms with E-state index in [9.17, 15) is 17.6 Å². The maximum absolute atomic E-state index is 12.9. The predicted octanol–water partition coefficient (Wildman–Crippen LogP) is 2.42. The highest BCUT2D eigenvalue weighted by Gasteiger charge is 2.17. The Balaban J connectivity index is 1.61. The number of hydrogen-bond donors (Lipinski definition) is 2. The Morgan fingerprint density at radius 1 is 1.11 bits per heavy atom. The van der Waals surface area contributed by atoms with E-state index in [1.54, 1.807) is 31.4 Å². The molecule has 0 aliphatic rings.